The van der Waals surface area contributed by atoms with Gasteiger partial charge in [0.05, 0.1) is 0 Å². The standard InChI is InChI=1S/C5H6O/c1-5(2,3)4-6/h1-3H2. The minimum atomic E-state index is -1.01. The van der Waals surface area contributed by atoms with Gasteiger partial charge in [0, 0.05) is 0 Å². The van der Waals surface area contributed by atoms with Crippen LogP contribution < -0.4 is 0 Å². The molecule has 1 nitrogen and oxygen atoms in total. The summed E-state index contributed by atoms with van der Waals surface area (Å²) in [7, 11) is 0. The van der Waals surface area contributed by atoms with Crippen molar-refractivity contribution in [1.82, 2.24) is 0 Å². The van der Waals surface area contributed by atoms with E-state index in [1.165, 1.54) is 6.15 Å². The second kappa shape index (κ2) is 1.38. The Kier molecular flexibility index (Phi) is 1.29. The third-order valence-corrected chi connectivity index (χ3v) is 0.217. The molecule has 0 atom stereocenters. The summed E-state index contributed by atoms with van der Waals surface area (Å²) in [4.78, 5) is 0. The number of rotatable bonds is 0. The van der Waals surface area contributed by atoms with Gasteiger partial charge in [0.25, 0.3) is 0 Å². The van der Waals surface area contributed by atoms with Crippen molar-refractivity contribution in [2.45, 2.75) is 0 Å². The molecule has 0 aromatic carbocycles. The summed E-state index contributed by atoms with van der Waals surface area (Å²) in [6.45, 7) is 9.73. The van der Waals surface area contributed by atoms with E-state index in [2.05, 4.69) is 20.8 Å². The molecule has 0 aliphatic heterocycles. The van der Waals surface area contributed by atoms with E-state index in [1.807, 2.05) is 0 Å². The zero-order valence-electron chi connectivity index (χ0n) is 3.53. The van der Waals surface area contributed by atoms with Gasteiger partial charge >= 0.3 is 37.0 Å². The van der Waals surface area contributed by atoms with Crippen LogP contribution in [0.25, 0.3) is 0 Å². The summed E-state index contributed by atoms with van der Waals surface area (Å²) in [5.74, 6) is 0. The Hall–Kier alpha value is -0.390. The van der Waals surface area contributed by atoms with Gasteiger partial charge < -0.3 is 0 Å². The molecule has 0 aliphatic carbocycles. The summed E-state index contributed by atoms with van der Waals surface area (Å²) >= 11 is 0. The Bertz CT molecular complexity index is 70.9. The van der Waals surface area contributed by atoms with E-state index in [1.54, 1.807) is 0 Å². The average Bonchev–Trinajstić information content (AvgIpc) is 1.35. The molecule has 0 radical (unpaired) electrons. The summed E-state index contributed by atoms with van der Waals surface area (Å²) in [6.07, 6.45) is 1.52. The fourth-order valence-corrected chi connectivity index (χ4v) is 0. The summed E-state index contributed by atoms with van der Waals surface area (Å²) in [6, 6.07) is 0. The Morgan fingerprint density at radius 2 is 1.83 bits per heavy atom. The normalized spacial score (nSPS) is 10.2. The summed E-state index contributed by atoms with van der Waals surface area (Å²) in [5, 5.41) is 0. The van der Waals surface area contributed by atoms with Crippen molar-refractivity contribution < 1.29 is 4.65 Å². The van der Waals surface area contributed by atoms with E-state index in [0.29, 0.717) is 0 Å². The monoisotopic (exact) mass is 82.0 g/mol. The maximum absolute atomic E-state index is 9.51. The van der Waals surface area contributed by atoms with E-state index in [4.69, 9.17) is 0 Å². The van der Waals surface area contributed by atoms with Crippen molar-refractivity contribution in [3.8, 4) is 6.15 Å². The number of hydrogen-bond acceptors (Lipinski definition) is 0. The molecule has 0 unspecified atom stereocenters. The second-order valence-electron chi connectivity index (χ2n) is 1.38. The Morgan fingerprint density at radius 3 is 1.83 bits per heavy atom. The molecule has 0 N–H and O–H groups in total. The molecule has 0 amide bonds. The van der Waals surface area contributed by atoms with Gasteiger partial charge in [0.2, 0.25) is 0 Å². The van der Waals surface area contributed by atoms with E-state index in [9.17, 15) is 4.65 Å². The van der Waals surface area contributed by atoms with Crippen LogP contribution in [0.4, 0.5) is 0 Å². The first-order valence-corrected chi connectivity index (χ1v) is 1.51. The van der Waals surface area contributed by atoms with Crippen molar-refractivity contribution in [1.29, 1.82) is 0 Å². The molecule has 32 valence electrons. The Morgan fingerprint density at radius 1 is 1.67 bits per heavy atom. The van der Waals surface area contributed by atoms with Crippen LogP contribution in [-0.4, -0.2) is 0 Å². The molecular weight excluding hydrogens is 76.1 g/mol. The van der Waals surface area contributed by atoms with Crippen molar-refractivity contribution in [3.05, 3.63) is 20.8 Å². The summed E-state index contributed by atoms with van der Waals surface area (Å²) < 4.78 is 9.51. The molecule has 0 saturated heterocycles. The van der Waals surface area contributed by atoms with Crippen LogP contribution in [0.15, 0.2) is 0 Å². The maximum atomic E-state index is 9.51. The van der Waals surface area contributed by atoms with Crippen molar-refractivity contribution in [3.63, 3.8) is 0 Å². The van der Waals surface area contributed by atoms with Crippen LogP contribution in [-0.2, 0) is 4.65 Å². The molecule has 0 spiro atoms. The van der Waals surface area contributed by atoms with Gasteiger partial charge in [-0.1, -0.05) is 0 Å². The minimum absolute atomic E-state index is 1.01. The molecule has 0 fully saturated rings. The first-order chi connectivity index (χ1) is 2.56. The van der Waals surface area contributed by atoms with Crippen LogP contribution in [0.3, 0.4) is 0 Å². The molecule has 0 rings (SSSR count). The average molecular weight is 82.1 g/mol. The summed E-state index contributed by atoms with van der Waals surface area (Å²) in [5.41, 5.74) is -1.01. The fourth-order valence-electron chi connectivity index (χ4n) is 0. The predicted molar refractivity (Wildman–Crippen MR) is 23.1 cm³/mol. The number of hydrogen-bond donors (Lipinski definition) is 0. The van der Waals surface area contributed by atoms with E-state index >= 15 is 0 Å². The molecule has 0 aromatic rings. The van der Waals surface area contributed by atoms with Gasteiger partial charge in [0.1, 0.15) is 0 Å². The molecule has 0 saturated carbocycles. The fraction of sp³-hybridized carbons (Fsp3) is 0.200. The van der Waals surface area contributed by atoms with E-state index in [-0.39, 0.29) is 0 Å². The van der Waals surface area contributed by atoms with E-state index in [0.717, 1.165) is 0 Å². The molecule has 0 aromatic heterocycles. The zero-order valence-corrected chi connectivity index (χ0v) is 3.53. The quantitative estimate of drug-likeness (QED) is 0.305. The van der Waals surface area contributed by atoms with Crippen LogP contribution in [0.1, 0.15) is 0 Å². The van der Waals surface area contributed by atoms with Crippen LogP contribution in [0.5, 0.6) is 0 Å². The molecular formula is C5H6O. The van der Waals surface area contributed by atoms with Gasteiger partial charge in [-0.3, -0.25) is 0 Å². The Balaban J connectivity index is 3.55. The van der Waals surface area contributed by atoms with Crippen LogP contribution >= 0.6 is 0 Å². The molecule has 0 heterocycles. The first kappa shape index (κ1) is 5.61. The second-order valence-corrected chi connectivity index (χ2v) is 1.38. The van der Waals surface area contributed by atoms with Crippen molar-refractivity contribution in [2.24, 2.45) is 5.41 Å². The van der Waals surface area contributed by atoms with Crippen LogP contribution in [0.2, 0.25) is 0 Å². The molecule has 1 heteroatoms. The molecule has 0 bridgehead atoms. The van der Waals surface area contributed by atoms with Crippen LogP contribution in [0, 0.1) is 32.3 Å². The topological polar surface area (TPSA) is 19.9 Å². The van der Waals surface area contributed by atoms with Gasteiger partial charge in [-0.25, -0.2) is 0 Å². The van der Waals surface area contributed by atoms with Gasteiger partial charge in [-0.05, 0) is 0 Å². The van der Waals surface area contributed by atoms with E-state index < -0.39 is 5.41 Å². The van der Waals surface area contributed by atoms with Crippen molar-refractivity contribution >= 4 is 0 Å². The van der Waals surface area contributed by atoms with Gasteiger partial charge in [0.15, 0.2) is 0 Å². The Labute approximate surface area is 38.1 Å². The molecule has 6 heavy (non-hydrogen) atoms. The van der Waals surface area contributed by atoms with Gasteiger partial charge in [-0.2, -0.15) is 0 Å². The third-order valence-electron chi connectivity index (χ3n) is 0.217. The van der Waals surface area contributed by atoms with Crippen molar-refractivity contribution in [2.75, 3.05) is 0 Å². The molecule has 0 aliphatic rings. The zero-order chi connectivity index (χ0) is 5.21. The van der Waals surface area contributed by atoms with Gasteiger partial charge in [-0.15, -0.1) is 0 Å². The SMILES string of the molecule is [CH2+]C([CH2-])([CH2-])C#[O+]. The third kappa shape index (κ3) is 3.61. The first-order valence-electron chi connectivity index (χ1n) is 1.51. The predicted octanol–water partition coefficient (Wildman–Crippen LogP) is 0.865.